The molecule has 6 heteroatoms. The lowest BCUT2D eigenvalue weighted by Gasteiger charge is -2.16. The summed E-state index contributed by atoms with van der Waals surface area (Å²) >= 11 is 0. The van der Waals surface area contributed by atoms with Crippen LogP contribution in [0.25, 0.3) is 22.0 Å². The van der Waals surface area contributed by atoms with Gasteiger partial charge >= 0.3 is 5.97 Å². The molecule has 5 aromatic rings. The van der Waals surface area contributed by atoms with Gasteiger partial charge in [0.2, 0.25) is 0 Å². The van der Waals surface area contributed by atoms with Crippen LogP contribution in [0.15, 0.2) is 103 Å². The van der Waals surface area contributed by atoms with E-state index in [9.17, 15) is 14.3 Å². The van der Waals surface area contributed by atoms with Gasteiger partial charge in [-0.05, 0) is 46.5 Å². The van der Waals surface area contributed by atoms with E-state index in [-0.39, 0.29) is 24.7 Å². The predicted octanol–water partition coefficient (Wildman–Crippen LogP) is 6.90. The molecule has 0 amide bonds. The summed E-state index contributed by atoms with van der Waals surface area (Å²) < 4.78 is 25.8. The van der Waals surface area contributed by atoms with Gasteiger partial charge in [-0.3, -0.25) is 0 Å². The van der Waals surface area contributed by atoms with Crippen LogP contribution < -0.4 is 9.47 Å². The Hall–Kier alpha value is -4.71. The lowest BCUT2D eigenvalue weighted by Crippen LogP contribution is -2.05. The van der Waals surface area contributed by atoms with Crippen molar-refractivity contribution in [3.05, 3.63) is 126 Å². The number of pyridine rings is 1. The summed E-state index contributed by atoms with van der Waals surface area (Å²) in [6.07, 6.45) is 0. The minimum atomic E-state index is -1.17. The molecule has 5 rings (SSSR count). The lowest BCUT2D eigenvalue weighted by atomic mass is 10.0. The molecular formula is C30H22FNO4. The molecule has 178 valence electrons. The van der Waals surface area contributed by atoms with Crippen LogP contribution in [-0.4, -0.2) is 16.1 Å². The van der Waals surface area contributed by atoms with Crippen LogP contribution in [0.3, 0.4) is 0 Å². The summed E-state index contributed by atoms with van der Waals surface area (Å²) in [4.78, 5) is 16.3. The zero-order valence-corrected chi connectivity index (χ0v) is 19.2. The van der Waals surface area contributed by atoms with E-state index in [1.807, 2.05) is 66.7 Å². The zero-order valence-electron chi connectivity index (χ0n) is 19.2. The molecule has 0 unspecified atom stereocenters. The molecule has 1 heterocycles. The van der Waals surface area contributed by atoms with Crippen molar-refractivity contribution in [2.75, 3.05) is 0 Å². The van der Waals surface area contributed by atoms with Gasteiger partial charge in [-0.2, -0.15) is 0 Å². The summed E-state index contributed by atoms with van der Waals surface area (Å²) in [5.74, 6) is -0.726. The second-order valence-corrected chi connectivity index (χ2v) is 8.24. The third-order valence-corrected chi connectivity index (χ3v) is 5.71. The summed E-state index contributed by atoms with van der Waals surface area (Å²) in [7, 11) is 0. The number of carbonyl (C=O) groups is 1. The van der Waals surface area contributed by atoms with Crippen molar-refractivity contribution in [2.45, 2.75) is 13.2 Å². The molecule has 0 spiro atoms. The molecule has 0 aliphatic rings. The van der Waals surface area contributed by atoms with Crippen LogP contribution in [-0.2, 0) is 13.2 Å². The first-order valence-electron chi connectivity index (χ1n) is 11.4. The van der Waals surface area contributed by atoms with Gasteiger partial charge in [0.15, 0.2) is 5.69 Å². The molecule has 36 heavy (non-hydrogen) atoms. The van der Waals surface area contributed by atoms with Crippen LogP contribution in [0, 0.1) is 5.82 Å². The Labute approximate surface area is 207 Å². The van der Waals surface area contributed by atoms with E-state index in [0.29, 0.717) is 22.4 Å². The normalized spacial score (nSPS) is 10.8. The van der Waals surface area contributed by atoms with Crippen LogP contribution in [0.2, 0.25) is 0 Å². The van der Waals surface area contributed by atoms with Crippen LogP contribution in [0.5, 0.6) is 11.5 Å². The molecule has 0 aliphatic heterocycles. The van der Waals surface area contributed by atoms with Gasteiger partial charge in [-0.25, -0.2) is 14.2 Å². The number of benzene rings is 4. The second kappa shape index (κ2) is 10.3. The van der Waals surface area contributed by atoms with Gasteiger partial charge in [0, 0.05) is 11.5 Å². The van der Waals surface area contributed by atoms with Crippen molar-refractivity contribution >= 4 is 16.9 Å². The SMILES string of the molecule is O=C(O)c1cc(OCc2ccccc2)c2cc(-c3ccc(F)cc3)cc(OCc3ccccc3)c2n1. The van der Waals surface area contributed by atoms with Crippen molar-refractivity contribution in [1.29, 1.82) is 0 Å². The van der Waals surface area contributed by atoms with Crippen LogP contribution in [0.4, 0.5) is 4.39 Å². The number of hydrogen-bond acceptors (Lipinski definition) is 4. The first-order valence-corrected chi connectivity index (χ1v) is 11.4. The van der Waals surface area contributed by atoms with Gasteiger partial charge in [-0.1, -0.05) is 72.8 Å². The molecular weight excluding hydrogens is 457 g/mol. The van der Waals surface area contributed by atoms with E-state index in [4.69, 9.17) is 9.47 Å². The number of ether oxygens (including phenoxy) is 2. The van der Waals surface area contributed by atoms with Gasteiger partial charge in [-0.15, -0.1) is 0 Å². The Bertz CT molecular complexity index is 1500. The van der Waals surface area contributed by atoms with E-state index >= 15 is 0 Å². The molecule has 0 atom stereocenters. The number of carboxylic acid groups (broad SMARTS) is 1. The minimum Gasteiger partial charge on any atom is -0.488 e. The number of fused-ring (bicyclic) bond motifs is 1. The Morgan fingerprint density at radius 2 is 1.31 bits per heavy atom. The molecule has 1 N–H and O–H groups in total. The monoisotopic (exact) mass is 479 g/mol. The highest BCUT2D eigenvalue weighted by Crippen LogP contribution is 2.37. The Morgan fingerprint density at radius 3 is 1.89 bits per heavy atom. The number of nitrogens with zero attached hydrogens (tertiary/aromatic N) is 1. The molecule has 0 saturated heterocycles. The number of halogens is 1. The smallest absolute Gasteiger partial charge is 0.354 e. The van der Waals surface area contributed by atoms with Crippen molar-refractivity contribution in [3.63, 3.8) is 0 Å². The second-order valence-electron chi connectivity index (χ2n) is 8.24. The molecule has 0 fully saturated rings. The van der Waals surface area contributed by atoms with Crippen molar-refractivity contribution in [2.24, 2.45) is 0 Å². The largest absolute Gasteiger partial charge is 0.488 e. The Balaban J connectivity index is 1.64. The first-order chi connectivity index (χ1) is 17.6. The van der Waals surface area contributed by atoms with Crippen molar-refractivity contribution < 1.29 is 23.8 Å². The lowest BCUT2D eigenvalue weighted by molar-refractivity contribution is 0.0690. The fraction of sp³-hybridized carbons (Fsp3) is 0.0667. The summed E-state index contributed by atoms with van der Waals surface area (Å²) in [6, 6.07) is 30.5. The Morgan fingerprint density at radius 1 is 0.722 bits per heavy atom. The molecule has 4 aromatic carbocycles. The van der Waals surface area contributed by atoms with E-state index in [2.05, 4.69) is 4.98 Å². The third-order valence-electron chi connectivity index (χ3n) is 5.71. The van der Waals surface area contributed by atoms with Crippen LogP contribution >= 0.6 is 0 Å². The topological polar surface area (TPSA) is 68.7 Å². The van der Waals surface area contributed by atoms with Gasteiger partial charge in [0.25, 0.3) is 0 Å². The maximum Gasteiger partial charge on any atom is 0.354 e. The van der Waals surface area contributed by atoms with Crippen LogP contribution in [0.1, 0.15) is 21.6 Å². The fourth-order valence-electron chi connectivity index (χ4n) is 3.88. The highest BCUT2D eigenvalue weighted by Gasteiger charge is 2.18. The van der Waals surface area contributed by atoms with E-state index < -0.39 is 5.97 Å². The predicted molar refractivity (Wildman–Crippen MR) is 136 cm³/mol. The van der Waals surface area contributed by atoms with Gasteiger partial charge in [0.1, 0.15) is 36.0 Å². The summed E-state index contributed by atoms with van der Waals surface area (Å²) in [5.41, 5.74) is 3.66. The highest BCUT2D eigenvalue weighted by molar-refractivity contribution is 5.98. The number of carboxylic acids is 1. The standard InChI is InChI=1S/C30H22FNO4/c31-24-13-11-22(12-14-24)23-15-25-27(35-18-20-7-3-1-4-8-20)17-26(30(33)34)32-29(25)28(16-23)36-19-21-9-5-2-6-10-21/h1-17H,18-19H2,(H,33,34). The summed E-state index contributed by atoms with van der Waals surface area (Å²) in [6.45, 7) is 0.516. The van der Waals surface area contributed by atoms with Gasteiger partial charge in [0.05, 0.1) is 0 Å². The average molecular weight is 480 g/mol. The summed E-state index contributed by atoms with van der Waals surface area (Å²) in [5, 5.41) is 10.3. The number of aromatic carboxylic acids is 1. The number of hydrogen-bond donors (Lipinski definition) is 1. The van der Waals surface area contributed by atoms with Gasteiger partial charge < -0.3 is 14.6 Å². The van der Waals surface area contributed by atoms with Crippen molar-refractivity contribution in [1.82, 2.24) is 4.98 Å². The van der Waals surface area contributed by atoms with E-state index in [0.717, 1.165) is 22.3 Å². The molecule has 0 radical (unpaired) electrons. The van der Waals surface area contributed by atoms with E-state index in [1.165, 1.54) is 18.2 Å². The molecule has 1 aromatic heterocycles. The zero-order chi connectivity index (χ0) is 24.9. The minimum absolute atomic E-state index is 0.148. The van der Waals surface area contributed by atoms with Crippen molar-refractivity contribution in [3.8, 4) is 22.6 Å². The third kappa shape index (κ3) is 5.18. The highest BCUT2D eigenvalue weighted by atomic mass is 19.1. The Kier molecular flexibility index (Phi) is 6.58. The average Bonchev–Trinajstić information content (AvgIpc) is 2.91. The quantitative estimate of drug-likeness (QED) is 0.262. The number of aromatic nitrogens is 1. The molecule has 0 saturated carbocycles. The first kappa shape index (κ1) is 23.1. The van der Waals surface area contributed by atoms with E-state index in [1.54, 1.807) is 18.2 Å². The maximum absolute atomic E-state index is 13.6. The number of rotatable bonds is 8. The molecule has 0 bridgehead atoms. The molecule has 0 aliphatic carbocycles. The maximum atomic E-state index is 13.6. The molecule has 5 nitrogen and oxygen atoms in total. The fourth-order valence-corrected chi connectivity index (χ4v) is 3.88.